The number of anilines is 1. The monoisotopic (exact) mass is 400 g/mol. The second kappa shape index (κ2) is 9.40. The molecule has 0 unspecified atom stereocenters. The van der Waals surface area contributed by atoms with E-state index in [1.807, 2.05) is 0 Å². The van der Waals surface area contributed by atoms with Crippen molar-refractivity contribution < 1.29 is 18.3 Å². The normalized spacial score (nSPS) is 12.2. The van der Waals surface area contributed by atoms with E-state index in [4.69, 9.17) is 5.73 Å². The first-order valence-corrected chi connectivity index (χ1v) is 8.96. The number of aryl methyl sites for hydroxylation is 2. The average Bonchev–Trinajstić information content (AvgIpc) is 2.60. The largest absolute Gasteiger partial charge is 0.493 e. The lowest BCUT2D eigenvalue weighted by Crippen LogP contribution is -2.26. The zero-order valence-corrected chi connectivity index (χ0v) is 15.3. The predicted octanol–water partition coefficient (Wildman–Crippen LogP) is 2.90. The van der Waals surface area contributed by atoms with E-state index in [0.29, 0.717) is 28.7 Å². The van der Waals surface area contributed by atoms with Crippen molar-refractivity contribution >= 4 is 23.5 Å². The van der Waals surface area contributed by atoms with Crippen LogP contribution in [-0.2, 0) is 6.42 Å². The van der Waals surface area contributed by atoms with Gasteiger partial charge in [-0.25, -0.2) is 15.0 Å². The fourth-order valence-corrected chi connectivity index (χ4v) is 2.74. The molecule has 2 heterocycles. The molecule has 27 heavy (non-hydrogen) atoms. The fraction of sp³-hybridized carbons (Fsp3) is 0.375. The van der Waals surface area contributed by atoms with Crippen molar-refractivity contribution in [3.63, 3.8) is 0 Å². The third kappa shape index (κ3) is 7.69. The summed E-state index contributed by atoms with van der Waals surface area (Å²) in [6.07, 6.45) is -1.46. The SMILES string of the molecule is Cc1cnc(CCCSc2cccc(NC(N)=NCC(F)(F)F)n2)nc1O. The fourth-order valence-electron chi connectivity index (χ4n) is 1.91. The Morgan fingerprint density at radius 3 is 2.81 bits per heavy atom. The summed E-state index contributed by atoms with van der Waals surface area (Å²) in [7, 11) is 0. The molecule has 0 bridgehead atoms. The molecule has 0 saturated heterocycles. The van der Waals surface area contributed by atoms with Gasteiger partial charge in [0.2, 0.25) is 5.88 Å². The Bertz CT molecular complexity index is 800. The van der Waals surface area contributed by atoms with Crippen molar-refractivity contribution in [2.75, 3.05) is 17.6 Å². The Labute approximate surface area is 158 Å². The second-order valence-electron chi connectivity index (χ2n) is 5.55. The molecule has 0 atom stereocenters. The molecule has 7 nitrogen and oxygen atoms in total. The van der Waals surface area contributed by atoms with Gasteiger partial charge in [0.25, 0.3) is 0 Å². The molecule has 2 aromatic rings. The van der Waals surface area contributed by atoms with E-state index < -0.39 is 12.7 Å². The highest BCUT2D eigenvalue weighted by atomic mass is 32.2. The van der Waals surface area contributed by atoms with Crippen molar-refractivity contribution in [3.8, 4) is 5.88 Å². The zero-order valence-electron chi connectivity index (χ0n) is 14.5. The minimum absolute atomic E-state index is 0.0159. The number of nitrogens with zero attached hydrogens (tertiary/aromatic N) is 4. The van der Waals surface area contributed by atoms with Crippen LogP contribution in [0.2, 0.25) is 0 Å². The van der Waals surface area contributed by atoms with E-state index in [0.717, 1.165) is 12.2 Å². The van der Waals surface area contributed by atoms with E-state index in [1.54, 1.807) is 31.3 Å². The standard InChI is InChI=1S/C16H19F3N6OS/c1-10-8-21-11(24-14(10)26)5-3-7-27-13-6-2-4-12(23-13)25-15(20)22-9-16(17,18)19/h2,4,6,8H,3,5,7,9H2,1H3,(H,21,24,26)(H3,20,22,23,25). The first kappa shape index (κ1) is 20.7. The van der Waals surface area contributed by atoms with Gasteiger partial charge in [-0.3, -0.25) is 0 Å². The number of pyridine rings is 1. The highest BCUT2D eigenvalue weighted by Gasteiger charge is 2.26. The number of aliphatic imine (C=N–C) groups is 1. The molecule has 0 amide bonds. The van der Waals surface area contributed by atoms with Gasteiger partial charge in [0, 0.05) is 18.2 Å². The molecule has 11 heteroatoms. The van der Waals surface area contributed by atoms with Gasteiger partial charge in [0.1, 0.15) is 18.2 Å². The van der Waals surface area contributed by atoms with Crippen LogP contribution >= 0.6 is 11.8 Å². The second-order valence-corrected chi connectivity index (χ2v) is 6.66. The van der Waals surface area contributed by atoms with Gasteiger partial charge in [-0.1, -0.05) is 6.07 Å². The number of alkyl halides is 3. The first-order valence-electron chi connectivity index (χ1n) is 7.98. The number of nitrogens with one attached hydrogen (secondary N) is 1. The molecular formula is C16H19F3N6OS. The molecule has 2 rings (SSSR count). The van der Waals surface area contributed by atoms with Crippen LogP contribution in [0.15, 0.2) is 34.4 Å². The third-order valence-electron chi connectivity index (χ3n) is 3.20. The van der Waals surface area contributed by atoms with Gasteiger partial charge >= 0.3 is 6.18 Å². The summed E-state index contributed by atoms with van der Waals surface area (Å²) in [5.41, 5.74) is 6.05. The van der Waals surface area contributed by atoms with Crippen LogP contribution in [0.4, 0.5) is 19.0 Å². The molecule has 2 aromatic heterocycles. The number of hydrogen-bond acceptors (Lipinski definition) is 6. The zero-order chi connectivity index (χ0) is 19.9. The van der Waals surface area contributed by atoms with Crippen LogP contribution in [0.25, 0.3) is 0 Å². The number of nitrogens with two attached hydrogens (primary N) is 1. The lowest BCUT2D eigenvalue weighted by molar-refractivity contribution is -0.118. The third-order valence-corrected chi connectivity index (χ3v) is 4.21. The Morgan fingerprint density at radius 1 is 1.33 bits per heavy atom. The molecule has 146 valence electrons. The predicted molar refractivity (Wildman–Crippen MR) is 97.9 cm³/mol. The van der Waals surface area contributed by atoms with Crippen LogP contribution < -0.4 is 11.1 Å². The smallest absolute Gasteiger partial charge is 0.408 e. The van der Waals surface area contributed by atoms with Gasteiger partial charge in [-0.15, -0.1) is 11.8 Å². The maximum absolute atomic E-state index is 12.1. The van der Waals surface area contributed by atoms with Crippen LogP contribution in [0.1, 0.15) is 17.8 Å². The number of hydrogen-bond donors (Lipinski definition) is 3. The molecular weight excluding hydrogens is 381 g/mol. The maximum Gasteiger partial charge on any atom is 0.408 e. The summed E-state index contributed by atoms with van der Waals surface area (Å²) in [4.78, 5) is 15.6. The van der Waals surface area contributed by atoms with Crippen molar-refractivity contribution in [1.29, 1.82) is 0 Å². The number of guanidine groups is 1. The average molecular weight is 400 g/mol. The maximum atomic E-state index is 12.1. The van der Waals surface area contributed by atoms with Crippen LogP contribution in [0, 0.1) is 6.92 Å². The highest BCUT2D eigenvalue weighted by molar-refractivity contribution is 7.99. The van der Waals surface area contributed by atoms with E-state index in [-0.39, 0.29) is 11.8 Å². The van der Waals surface area contributed by atoms with Crippen molar-refractivity contribution in [3.05, 3.63) is 35.8 Å². The Morgan fingerprint density at radius 2 is 2.11 bits per heavy atom. The van der Waals surface area contributed by atoms with E-state index >= 15 is 0 Å². The number of rotatable bonds is 7. The minimum Gasteiger partial charge on any atom is -0.493 e. The van der Waals surface area contributed by atoms with Crippen LogP contribution in [0.3, 0.4) is 0 Å². The molecule has 0 spiro atoms. The lowest BCUT2D eigenvalue weighted by Gasteiger charge is -2.08. The van der Waals surface area contributed by atoms with Gasteiger partial charge in [-0.05, 0) is 31.2 Å². The van der Waals surface area contributed by atoms with E-state index in [1.165, 1.54) is 11.8 Å². The lowest BCUT2D eigenvalue weighted by atomic mass is 10.3. The number of thioether (sulfide) groups is 1. The van der Waals surface area contributed by atoms with Gasteiger partial charge < -0.3 is 16.2 Å². The molecule has 0 aromatic carbocycles. The number of aromatic hydroxyl groups is 1. The van der Waals surface area contributed by atoms with Crippen molar-refractivity contribution in [1.82, 2.24) is 15.0 Å². The molecule has 4 N–H and O–H groups in total. The quantitative estimate of drug-likeness (QED) is 0.284. The summed E-state index contributed by atoms with van der Waals surface area (Å²) in [5.74, 6) is 1.24. The summed E-state index contributed by atoms with van der Waals surface area (Å²) >= 11 is 1.48. The Hall–Kier alpha value is -2.56. The summed E-state index contributed by atoms with van der Waals surface area (Å²) in [6.45, 7) is 0.374. The first-order chi connectivity index (χ1) is 12.7. The Balaban J connectivity index is 1.82. The van der Waals surface area contributed by atoms with Crippen LogP contribution in [-0.4, -0.2) is 44.5 Å². The van der Waals surface area contributed by atoms with Gasteiger partial charge in [-0.2, -0.15) is 18.2 Å². The molecule has 0 saturated carbocycles. The molecule has 0 radical (unpaired) electrons. The van der Waals surface area contributed by atoms with Gasteiger partial charge in [0.05, 0.1) is 5.03 Å². The van der Waals surface area contributed by atoms with Crippen molar-refractivity contribution in [2.45, 2.75) is 31.0 Å². The summed E-state index contributed by atoms with van der Waals surface area (Å²) in [5, 5.41) is 12.8. The van der Waals surface area contributed by atoms with Crippen LogP contribution in [0.5, 0.6) is 5.88 Å². The molecule has 0 aliphatic rings. The molecule has 0 fully saturated rings. The summed E-state index contributed by atoms with van der Waals surface area (Å²) < 4.78 is 36.4. The highest BCUT2D eigenvalue weighted by Crippen LogP contribution is 2.19. The molecule has 0 aliphatic carbocycles. The summed E-state index contributed by atoms with van der Waals surface area (Å²) in [6, 6.07) is 5.09. The topological polar surface area (TPSA) is 109 Å². The van der Waals surface area contributed by atoms with Gasteiger partial charge in [0.15, 0.2) is 5.96 Å². The minimum atomic E-state index is -4.41. The van der Waals surface area contributed by atoms with Crippen molar-refractivity contribution in [2.24, 2.45) is 10.7 Å². The Kier molecular flexibility index (Phi) is 7.22. The number of halogens is 3. The van der Waals surface area contributed by atoms with E-state index in [2.05, 4.69) is 25.3 Å². The number of aromatic nitrogens is 3. The van der Waals surface area contributed by atoms with E-state index in [9.17, 15) is 18.3 Å². The molecule has 0 aliphatic heterocycles.